The number of methoxy groups -OCH3 is 2. The fraction of sp³-hybridized carbons (Fsp3) is 0.500. The van der Waals surface area contributed by atoms with Gasteiger partial charge in [-0.3, -0.25) is 0 Å². The summed E-state index contributed by atoms with van der Waals surface area (Å²) in [7, 11) is 11.2. The van der Waals surface area contributed by atoms with E-state index in [4.69, 9.17) is 9.47 Å². The second-order valence-corrected chi connectivity index (χ2v) is 4.56. The lowest BCUT2D eigenvalue weighted by Gasteiger charge is -2.22. The maximum absolute atomic E-state index is 5.40. The van der Waals surface area contributed by atoms with Gasteiger partial charge in [-0.1, -0.05) is 12.1 Å². The van der Waals surface area contributed by atoms with Crippen LogP contribution >= 0.6 is 0 Å². The van der Waals surface area contributed by atoms with Crippen LogP contribution in [-0.2, 0) is 6.54 Å². The summed E-state index contributed by atoms with van der Waals surface area (Å²) in [5.74, 6) is 2.38. The Labute approximate surface area is 115 Å². The highest BCUT2D eigenvalue weighted by molar-refractivity contribution is 5.79. The summed E-state index contributed by atoms with van der Waals surface area (Å²) in [6.45, 7) is 0.548. The zero-order valence-electron chi connectivity index (χ0n) is 12.6. The molecule has 0 heterocycles. The molecule has 0 N–H and O–H groups in total. The molecule has 0 bridgehead atoms. The van der Waals surface area contributed by atoms with E-state index in [1.807, 2.05) is 56.2 Å². The maximum atomic E-state index is 5.40. The molecule has 1 rings (SSSR count). The molecule has 0 aliphatic carbocycles. The van der Waals surface area contributed by atoms with E-state index >= 15 is 0 Å². The Kier molecular flexibility index (Phi) is 5.48. The molecule has 1 aromatic carbocycles. The highest BCUT2D eigenvalue weighted by Crippen LogP contribution is 2.31. The van der Waals surface area contributed by atoms with Crippen molar-refractivity contribution in [2.45, 2.75) is 6.54 Å². The Bertz CT molecular complexity index is 432. The number of para-hydroxylation sites is 1. The molecule has 19 heavy (non-hydrogen) atoms. The molecule has 0 amide bonds. The monoisotopic (exact) mass is 265 g/mol. The van der Waals surface area contributed by atoms with Crippen molar-refractivity contribution in [1.82, 2.24) is 9.80 Å². The van der Waals surface area contributed by atoms with Gasteiger partial charge in [0, 0.05) is 33.8 Å². The van der Waals surface area contributed by atoms with Crippen LogP contribution in [0.2, 0.25) is 0 Å². The average molecular weight is 265 g/mol. The first kappa shape index (κ1) is 15.1. The Morgan fingerprint density at radius 3 is 2.16 bits per heavy atom. The first-order chi connectivity index (χ1) is 9.01. The summed E-state index contributed by atoms with van der Waals surface area (Å²) >= 11 is 0. The fourth-order valence-electron chi connectivity index (χ4n) is 1.92. The van der Waals surface area contributed by atoms with E-state index in [1.165, 1.54) is 0 Å². The van der Waals surface area contributed by atoms with Gasteiger partial charge in [0.2, 0.25) is 0 Å². The summed E-state index contributed by atoms with van der Waals surface area (Å²) in [5.41, 5.74) is 1.00. The topological polar surface area (TPSA) is 37.3 Å². The first-order valence-electron chi connectivity index (χ1n) is 6.10. The van der Waals surface area contributed by atoms with E-state index in [2.05, 4.69) is 4.99 Å². The summed E-state index contributed by atoms with van der Waals surface area (Å²) in [6, 6.07) is 5.82. The number of hydrogen-bond donors (Lipinski definition) is 0. The predicted octanol–water partition coefficient (Wildman–Crippen LogP) is 1.68. The van der Waals surface area contributed by atoms with Gasteiger partial charge in [-0.2, -0.15) is 0 Å². The lowest BCUT2D eigenvalue weighted by molar-refractivity contribution is 0.351. The molecule has 0 saturated carbocycles. The van der Waals surface area contributed by atoms with Crippen LogP contribution < -0.4 is 9.47 Å². The maximum Gasteiger partial charge on any atom is 0.195 e. The summed E-state index contributed by atoms with van der Waals surface area (Å²) < 4.78 is 10.7. The van der Waals surface area contributed by atoms with Crippen molar-refractivity contribution in [3.63, 3.8) is 0 Å². The molecule has 0 aromatic heterocycles. The van der Waals surface area contributed by atoms with Crippen LogP contribution in [-0.4, -0.2) is 58.2 Å². The Morgan fingerprint density at radius 2 is 1.68 bits per heavy atom. The molecule has 106 valence electrons. The van der Waals surface area contributed by atoms with Crippen LogP contribution in [0.25, 0.3) is 0 Å². The fourth-order valence-corrected chi connectivity index (χ4v) is 1.92. The number of ether oxygens (including phenoxy) is 2. The molecular formula is C14H23N3O2. The van der Waals surface area contributed by atoms with Gasteiger partial charge >= 0.3 is 0 Å². The third-order valence-corrected chi connectivity index (χ3v) is 2.68. The third kappa shape index (κ3) is 3.77. The standard InChI is InChI=1S/C14H23N3O2/c1-16(2)14(17(3)4)15-10-11-8-7-9-12(18-5)13(11)19-6/h7-9H,10H2,1-6H3. The number of hydrogen-bond acceptors (Lipinski definition) is 3. The zero-order valence-corrected chi connectivity index (χ0v) is 12.6. The lowest BCUT2D eigenvalue weighted by atomic mass is 10.2. The Balaban J connectivity index is 3.02. The van der Waals surface area contributed by atoms with Gasteiger partial charge < -0.3 is 19.3 Å². The molecule has 0 fully saturated rings. The number of aliphatic imine (C=N–C) groups is 1. The van der Waals surface area contributed by atoms with Gasteiger partial charge in [-0.25, -0.2) is 4.99 Å². The minimum Gasteiger partial charge on any atom is -0.493 e. The average Bonchev–Trinajstić information content (AvgIpc) is 2.37. The number of nitrogens with zero attached hydrogens (tertiary/aromatic N) is 3. The largest absolute Gasteiger partial charge is 0.493 e. The third-order valence-electron chi connectivity index (χ3n) is 2.68. The quantitative estimate of drug-likeness (QED) is 0.613. The molecular weight excluding hydrogens is 242 g/mol. The zero-order chi connectivity index (χ0) is 14.4. The molecule has 0 aliphatic heterocycles. The highest BCUT2D eigenvalue weighted by atomic mass is 16.5. The van der Waals surface area contributed by atoms with Crippen LogP contribution in [0.4, 0.5) is 0 Å². The number of guanidine groups is 1. The van der Waals surface area contributed by atoms with Gasteiger partial charge in [-0.15, -0.1) is 0 Å². The first-order valence-corrected chi connectivity index (χ1v) is 6.10. The predicted molar refractivity (Wildman–Crippen MR) is 78.1 cm³/mol. The molecule has 0 radical (unpaired) electrons. The van der Waals surface area contributed by atoms with Crippen molar-refractivity contribution in [2.75, 3.05) is 42.4 Å². The van der Waals surface area contributed by atoms with Crippen molar-refractivity contribution in [1.29, 1.82) is 0 Å². The van der Waals surface area contributed by atoms with Crippen LogP contribution in [0.3, 0.4) is 0 Å². The second kappa shape index (κ2) is 6.87. The molecule has 0 saturated heterocycles. The Morgan fingerprint density at radius 1 is 1.05 bits per heavy atom. The molecule has 1 aromatic rings. The van der Waals surface area contributed by atoms with E-state index in [0.717, 1.165) is 23.0 Å². The second-order valence-electron chi connectivity index (χ2n) is 4.56. The van der Waals surface area contributed by atoms with Gasteiger partial charge in [0.25, 0.3) is 0 Å². The van der Waals surface area contributed by atoms with Crippen LogP contribution in [0.15, 0.2) is 23.2 Å². The van der Waals surface area contributed by atoms with E-state index in [-0.39, 0.29) is 0 Å². The van der Waals surface area contributed by atoms with Crippen molar-refractivity contribution < 1.29 is 9.47 Å². The highest BCUT2D eigenvalue weighted by Gasteiger charge is 2.10. The summed E-state index contributed by atoms with van der Waals surface area (Å²) in [4.78, 5) is 8.57. The Hall–Kier alpha value is -1.91. The van der Waals surface area contributed by atoms with Crippen molar-refractivity contribution in [3.05, 3.63) is 23.8 Å². The molecule has 0 unspecified atom stereocenters. The molecule has 0 atom stereocenters. The SMILES string of the molecule is COc1cccc(CN=C(N(C)C)N(C)C)c1OC. The minimum absolute atomic E-state index is 0.548. The van der Waals surface area contributed by atoms with E-state index < -0.39 is 0 Å². The van der Waals surface area contributed by atoms with E-state index in [9.17, 15) is 0 Å². The van der Waals surface area contributed by atoms with Crippen molar-refractivity contribution in [3.8, 4) is 11.5 Å². The lowest BCUT2D eigenvalue weighted by Crippen LogP contribution is -2.35. The van der Waals surface area contributed by atoms with Crippen LogP contribution in [0.1, 0.15) is 5.56 Å². The smallest absolute Gasteiger partial charge is 0.195 e. The van der Waals surface area contributed by atoms with Crippen LogP contribution in [0.5, 0.6) is 11.5 Å². The van der Waals surface area contributed by atoms with Gasteiger partial charge in [-0.05, 0) is 6.07 Å². The van der Waals surface area contributed by atoms with E-state index in [1.54, 1.807) is 14.2 Å². The van der Waals surface area contributed by atoms with Gasteiger partial charge in [0.15, 0.2) is 17.5 Å². The summed E-state index contributed by atoms with van der Waals surface area (Å²) in [6.07, 6.45) is 0. The molecule has 5 nitrogen and oxygen atoms in total. The van der Waals surface area contributed by atoms with Crippen LogP contribution in [0, 0.1) is 0 Å². The van der Waals surface area contributed by atoms with E-state index in [0.29, 0.717) is 6.54 Å². The van der Waals surface area contributed by atoms with Crippen molar-refractivity contribution >= 4 is 5.96 Å². The van der Waals surface area contributed by atoms with Gasteiger partial charge in [0.1, 0.15) is 0 Å². The molecule has 0 aliphatic rings. The molecule has 5 heteroatoms. The normalized spacial score (nSPS) is 9.79. The van der Waals surface area contributed by atoms with Gasteiger partial charge in [0.05, 0.1) is 20.8 Å². The van der Waals surface area contributed by atoms with Crippen molar-refractivity contribution in [2.24, 2.45) is 4.99 Å². The summed E-state index contributed by atoms with van der Waals surface area (Å²) in [5, 5.41) is 0. The molecule has 0 spiro atoms. The number of rotatable bonds is 4. The number of benzene rings is 1. The minimum atomic E-state index is 0.548.